The van der Waals surface area contributed by atoms with Crippen molar-refractivity contribution in [3.8, 4) is 11.5 Å². The fraction of sp³-hybridized carbons (Fsp3) is 0.312. The van der Waals surface area contributed by atoms with E-state index in [0.29, 0.717) is 18.0 Å². The predicted octanol–water partition coefficient (Wildman–Crippen LogP) is 2.54. The number of aromatic nitrogens is 3. The summed E-state index contributed by atoms with van der Waals surface area (Å²) in [6, 6.07) is 5.35. The Balaban J connectivity index is 2.25. The van der Waals surface area contributed by atoms with Crippen molar-refractivity contribution in [2.45, 2.75) is 20.4 Å². The van der Waals surface area contributed by atoms with Crippen molar-refractivity contribution < 1.29 is 9.47 Å². The molecule has 0 bridgehead atoms. The van der Waals surface area contributed by atoms with Crippen LogP contribution in [-0.4, -0.2) is 29.0 Å². The second kappa shape index (κ2) is 6.00. The molecule has 0 aliphatic carbocycles. The van der Waals surface area contributed by atoms with Crippen LogP contribution in [0.5, 0.6) is 11.5 Å². The van der Waals surface area contributed by atoms with Gasteiger partial charge in [0, 0.05) is 17.5 Å². The van der Waals surface area contributed by atoms with Gasteiger partial charge in [-0.15, -0.1) is 10.2 Å². The maximum absolute atomic E-state index is 12.5. The van der Waals surface area contributed by atoms with Crippen LogP contribution >= 0.6 is 11.3 Å². The molecule has 0 aliphatic rings. The normalized spacial score (nSPS) is 11.0. The summed E-state index contributed by atoms with van der Waals surface area (Å²) in [6.07, 6.45) is 0. The van der Waals surface area contributed by atoms with Crippen molar-refractivity contribution in [2.24, 2.45) is 0 Å². The number of pyridine rings is 1. The van der Waals surface area contributed by atoms with E-state index in [1.165, 1.54) is 11.3 Å². The molecule has 0 saturated carbocycles. The maximum Gasteiger partial charge on any atom is 0.251 e. The summed E-state index contributed by atoms with van der Waals surface area (Å²) in [5, 5.41) is 10.7. The molecule has 3 rings (SSSR count). The molecule has 6 nitrogen and oxygen atoms in total. The minimum absolute atomic E-state index is 0.0740. The van der Waals surface area contributed by atoms with Crippen LogP contribution in [0.3, 0.4) is 0 Å². The second-order valence-corrected chi connectivity index (χ2v) is 6.46. The Morgan fingerprint density at radius 3 is 2.39 bits per heavy atom. The monoisotopic (exact) mass is 331 g/mol. The Bertz CT molecular complexity index is 930. The van der Waals surface area contributed by atoms with Crippen LogP contribution in [0.2, 0.25) is 0 Å². The molecular weight excluding hydrogens is 314 g/mol. The lowest BCUT2D eigenvalue weighted by Gasteiger charge is -2.14. The van der Waals surface area contributed by atoms with Crippen LogP contribution in [0, 0.1) is 13.8 Å². The summed E-state index contributed by atoms with van der Waals surface area (Å²) in [5.74, 6) is 1.23. The lowest BCUT2D eigenvalue weighted by atomic mass is 10.1. The molecule has 2 aromatic heterocycles. The smallest absolute Gasteiger partial charge is 0.251 e. The van der Waals surface area contributed by atoms with Gasteiger partial charge in [-0.25, -0.2) is 0 Å². The highest BCUT2D eigenvalue weighted by molar-refractivity contribution is 7.11. The Labute approximate surface area is 137 Å². The third-order valence-electron chi connectivity index (χ3n) is 3.68. The molecule has 0 aliphatic heterocycles. The van der Waals surface area contributed by atoms with Gasteiger partial charge in [0.15, 0.2) is 11.5 Å². The van der Waals surface area contributed by atoms with E-state index >= 15 is 0 Å². The molecule has 0 unspecified atom stereocenters. The van der Waals surface area contributed by atoms with Gasteiger partial charge in [-0.1, -0.05) is 11.3 Å². The number of benzene rings is 1. The van der Waals surface area contributed by atoms with Gasteiger partial charge in [0.1, 0.15) is 10.0 Å². The topological polar surface area (TPSA) is 66.2 Å². The van der Waals surface area contributed by atoms with Crippen LogP contribution in [-0.2, 0) is 6.54 Å². The fourth-order valence-electron chi connectivity index (χ4n) is 2.57. The van der Waals surface area contributed by atoms with Crippen molar-refractivity contribution in [3.05, 3.63) is 44.1 Å². The van der Waals surface area contributed by atoms with Crippen molar-refractivity contribution in [2.75, 3.05) is 14.2 Å². The molecule has 0 N–H and O–H groups in total. The van der Waals surface area contributed by atoms with Gasteiger partial charge < -0.3 is 14.0 Å². The number of fused-ring (bicyclic) bond motifs is 1. The van der Waals surface area contributed by atoms with Gasteiger partial charge >= 0.3 is 0 Å². The van der Waals surface area contributed by atoms with Crippen molar-refractivity contribution in [1.29, 1.82) is 0 Å². The highest BCUT2D eigenvalue weighted by atomic mass is 32.1. The third kappa shape index (κ3) is 2.79. The number of methoxy groups -OCH3 is 2. The van der Waals surface area contributed by atoms with Crippen molar-refractivity contribution in [3.63, 3.8) is 0 Å². The summed E-state index contributed by atoms with van der Waals surface area (Å²) in [7, 11) is 3.18. The zero-order chi connectivity index (χ0) is 16.6. The van der Waals surface area contributed by atoms with E-state index in [9.17, 15) is 4.79 Å². The van der Waals surface area contributed by atoms with E-state index in [1.54, 1.807) is 24.9 Å². The van der Waals surface area contributed by atoms with Gasteiger partial charge in [0.05, 0.1) is 26.3 Å². The molecule has 0 fully saturated rings. The molecule has 0 amide bonds. The average Bonchev–Trinajstić information content (AvgIpc) is 2.95. The van der Waals surface area contributed by atoms with Crippen LogP contribution in [0.4, 0.5) is 0 Å². The van der Waals surface area contributed by atoms with Gasteiger partial charge in [0.25, 0.3) is 5.56 Å². The minimum Gasteiger partial charge on any atom is -0.493 e. The zero-order valence-electron chi connectivity index (χ0n) is 13.4. The molecule has 2 heterocycles. The lowest BCUT2D eigenvalue weighted by molar-refractivity contribution is 0.355. The maximum atomic E-state index is 12.5. The lowest BCUT2D eigenvalue weighted by Crippen LogP contribution is -2.21. The average molecular weight is 331 g/mol. The van der Waals surface area contributed by atoms with E-state index in [-0.39, 0.29) is 5.56 Å². The van der Waals surface area contributed by atoms with E-state index < -0.39 is 0 Å². The van der Waals surface area contributed by atoms with Crippen LogP contribution < -0.4 is 15.0 Å². The number of hydrogen-bond donors (Lipinski definition) is 0. The molecule has 23 heavy (non-hydrogen) atoms. The molecule has 0 radical (unpaired) electrons. The summed E-state index contributed by atoms with van der Waals surface area (Å²) in [4.78, 5) is 12.5. The molecular formula is C16H17N3O3S. The number of hydrogen-bond acceptors (Lipinski definition) is 6. The van der Waals surface area contributed by atoms with Crippen LogP contribution in [0.25, 0.3) is 10.9 Å². The summed E-state index contributed by atoms with van der Waals surface area (Å²) in [6.45, 7) is 4.19. The number of rotatable bonds is 4. The molecule has 7 heteroatoms. The molecule has 0 atom stereocenters. The zero-order valence-corrected chi connectivity index (χ0v) is 14.2. The van der Waals surface area contributed by atoms with Crippen LogP contribution in [0.1, 0.15) is 15.6 Å². The Morgan fingerprint density at radius 1 is 1.09 bits per heavy atom. The van der Waals surface area contributed by atoms with Crippen LogP contribution in [0.15, 0.2) is 23.0 Å². The Morgan fingerprint density at radius 2 is 1.78 bits per heavy atom. The molecule has 0 saturated heterocycles. The second-order valence-electron chi connectivity index (χ2n) is 5.19. The first-order chi connectivity index (χ1) is 11.0. The van der Waals surface area contributed by atoms with Crippen molar-refractivity contribution in [1.82, 2.24) is 14.8 Å². The van der Waals surface area contributed by atoms with E-state index in [1.807, 2.05) is 26.0 Å². The van der Waals surface area contributed by atoms with Gasteiger partial charge in [-0.2, -0.15) is 0 Å². The highest BCUT2D eigenvalue weighted by Gasteiger charge is 2.14. The highest BCUT2D eigenvalue weighted by Crippen LogP contribution is 2.33. The summed E-state index contributed by atoms with van der Waals surface area (Å²) >= 11 is 1.48. The number of aryl methyl sites for hydroxylation is 2. The molecule has 0 spiro atoms. The van der Waals surface area contributed by atoms with Crippen molar-refractivity contribution >= 4 is 22.2 Å². The largest absolute Gasteiger partial charge is 0.493 e. The first kappa shape index (κ1) is 15.5. The molecule has 120 valence electrons. The molecule has 3 aromatic rings. The standard InChI is InChI=1S/C16H17N3O3S/c1-9-5-16(20)19(8-15-18-17-10(2)23-15)12-7-14(22-4)13(21-3)6-11(9)12/h5-7H,8H2,1-4H3. The minimum atomic E-state index is -0.0740. The molecule has 1 aromatic carbocycles. The third-order valence-corrected chi connectivity index (χ3v) is 4.51. The first-order valence-corrected chi connectivity index (χ1v) is 7.90. The van der Waals surface area contributed by atoms with Gasteiger partial charge in [0.2, 0.25) is 0 Å². The number of nitrogens with zero attached hydrogens (tertiary/aromatic N) is 3. The SMILES string of the molecule is COc1cc2c(C)cc(=O)n(Cc3nnc(C)s3)c2cc1OC. The summed E-state index contributed by atoms with van der Waals surface area (Å²) in [5.41, 5.74) is 1.62. The Kier molecular flexibility index (Phi) is 4.04. The van der Waals surface area contributed by atoms with E-state index in [0.717, 1.165) is 26.5 Å². The quantitative estimate of drug-likeness (QED) is 0.735. The predicted molar refractivity (Wildman–Crippen MR) is 89.8 cm³/mol. The van der Waals surface area contributed by atoms with E-state index in [2.05, 4.69) is 10.2 Å². The fourth-order valence-corrected chi connectivity index (χ4v) is 3.26. The van der Waals surface area contributed by atoms with E-state index in [4.69, 9.17) is 9.47 Å². The summed E-state index contributed by atoms with van der Waals surface area (Å²) < 4.78 is 12.4. The van der Waals surface area contributed by atoms with Gasteiger partial charge in [-0.3, -0.25) is 4.79 Å². The van der Waals surface area contributed by atoms with Gasteiger partial charge in [-0.05, 0) is 25.5 Å². The number of ether oxygens (including phenoxy) is 2. The Hall–Kier alpha value is -2.41. The first-order valence-electron chi connectivity index (χ1n) is 7.08.